The molecule has 2 aromatic carbocycles. The van der Waals surface area contributed by atoms with Crippen LogP contribution in [0.2, 0.25) is 10.0 Å². The molecule has 2 atom stereocenters. The van der Waals surface area contributed by atoms with E-state index in [1.807, 2.05) is 0 Å². The first-order chi connectivity index (χ1) is 18.6. The summed E-state index contributed by atoms with van der Waals surface area (Å²) in [5.74, 6) is -2.87. The number of nitrogens with one attached hydrogen (secondary N) is 2. The van der Waals surface area contributed by atoms with Crippen molar-refractivity contribution < 1.29 is 28.7 Å². The predicted octanol–water partition coefficient (Wildman–Crippen LogP) is 4.99. The van der Waals surface area contributed by atoms with Gasteiger partial charge in [-0.15, -0.1) is 0 Å². The fraction of sp³-hybridized carbons (Fsp3) is 0.407. The van der Waals surface area contributed by atoms with Gasteiger partial charge in [-0.1, -0.05) is 48.5 Å². The number of benzene rings is 2. The van der Waals surface area contributed by atoms with E-state index in [-0.39, 0.29) is 46.7 Å². The average Bonchev–Trinajstić information content (AvgIpc) is 3.35. The number of amides is 4. The number of carboxylic acid groups (broad SMARTS) is 1. The van der Waals surface area contributed by atoms with Crippen LogP contribution in [0.4, 0.5) is 14.9 Å². The largest absolute Gasteiger partial charge is 0.481 e. The fourth-order valence-electron chi connectivity index (χ4n) is 5.21. The van der Waals surface area contributed by atoms with Gasteiger partial charge in [0.2, 0.25) is 0 Å². The highest BCUT2D eigenvalue weighted by atomic mass is 35.5. The molecule has 208 valence electrons. The Morgan fingerprint density at radius 2 is 1.69 bits per heavy atom. The Morgan fingerprint density at radius 1 is 0.974 bits per heavy atom. The van der Waals surface area contributed by atoms with E-state index in [9.17, 15) is 28.7 Å². The van der Waals surface area contributed by atoms with Gasteiger partial charge in [0.15, 0.2) is 6.17 Å². The van der Waals surface area contributed by atoms with Crippen LogP contribution >= 0.6 is 23.2 Å². The molecule has 2 aliphatic rings. The number of anilines is 1. The molecule has 1 heterocycles. The summed E-state index contributed by atoms with van der Waals surface area (Å²) in [7, 11) is 0. The predicted molar refractivity (Wildman–Crippen MR) is 144 cm³/mol. The maximum Gasteiger partial charge on any atom is 0.323 e. The zero-order valence-electron chi connectivity index (χ0n) is 21.0. The second-order valence-corrected chi connectivity index (χ2v) is 10.6. The first kappa shape index (κ1) is 28.6. The lowest BCUT2D eigenvalue weighted by molar-refractivity contribution is -0.138. The molecule has 12 heteroatoms. The van der Waals surface area contributed by atoms with Crippen LogP contribution in [0.25, 0.3) is 0 Å². The third-order valence-corrected chi connectivity index (χ3v) is 7.85. The Labute approximate surface area is 235 Å². The van der Waals surface area contributed by atoms with Crippen molar-refractivity contribution in [2.45, 2.75) is 50.7 Å². The van der Waals surface area contributed by atoms with Crippen molar-refractivity contribution in [3.8, 4) is 0 Å². The van der Waals surface area contributed by atoms with E-state index < -0.39 is 41.8 Å². The van der Waals surface area contributed by atoms with E-state index >= 15 is 0 Å². The molecular weight excluding hydrogens is 550 g/mol. The van der Waals surface area contributed by atoms with Crippen molar-refractivity contribution in [1.29, 1.82) is 0 Å². The maximum atomic E-state index is 13.7. The molecule has 1 aliphatic heterocycles. The van der Waals surface area contributed by atoms with Crippen LogP contribution < -0.4 is 10.6 Å². The molecule has 0 radical (unpaired) electrons. The Kier molecular flexibility index (Phi) is 9.29. The van der Waals surface area contributed by atoms with E-state index in [1.54, 1.807) is 0 Å². The second kappa shape index (κ2) is 12.7. The summed E-state index contributed by atoms with van der Waals surface area (Å²) in [5.41, 5.74) is 0.350. The number of rotatable bonds is 7. The van der Waals surface area contributed by atoms with Gasteiger partial charge in [-0.05, 0) is 55.2 Å². The van der Waals surface area contributed by atoms with E-state index in [4.69, 9.17) is 23.2 Å². The molecule has 2 unspecified atom stereocenters. The lowest BCUT2D eigenvalue weighted by atomic mass is 9.82. The molecular formula is C27H29Cl2FN4O5. The molecule has 2 fully saturated rings. The number of hydrogen-bond donors (Lipinski definition) is 3. The normalized spacial score (nSPS) is 18.5. The van der Waals surface area contributed by atoms with Crippen molar-refractivity contribution in [2.75, 3.05) is 18.4 Å². The summed E-state index contributed by atoms with van der Waals surface area (Å²) in [4.78, 5) is 54.5. The van der Waals surface area contributed by atoms with Crippen molar-refractivity contribution in [2.24, 2.45) is 5.92 Å². The van der Waals surface area contributed by atoms with Gasteiger partial charge < -0.3 is 20.6 Å². The van der Waals surface area contributed by atoms with Crippen LogP contribution in [0.3, 0.4) is 0 Å². The Morgan fingerprint density at radius 3 is 2.36 bits per heavy atom. The summed E-state index contributed by atoms with van der Waals surface area (Å²) >= 11 is 12.1. The molecule has 1 saturated heterocycles. The monoisotopic (exact) mass is 578 g/mol. The molecule has 4 rings (SSSR count). The quantitative estimate of drug-likeness (QED) is 0.427. The SMILES string of the molecule is O=C(O)CC(NC(=O)C1N(C(=O)Nc2cccc(F)c2)CCN1C(=O)c1ccc(Cl)c(Cl)c1)C1CCCCC1. The highest BCUT2D eigenvalue weighted by molar-refractivity contribution is 6.42. The lowest BCUT2D eigenvalue weighted by Crippen LogP contribution is -2.57. The third kappa shape index (κ3) is 6.99. The van der Waals surface area contributed by atoms with Crippen LogP contribution in [0.1, 0.15) is 48.9 Å². The summed E-state index contributed by atoms with van der Waals surface area (Å²) < 4.78 is 13.7. The van der Waals surface area contributed by atoms with Gasteiger partial charge in [0.1, 0.15) is 5.82 Å². The molecule has 39 heavy (non-hydrogen) atoms. The highest BCUT2D eigenvalue weighted by Crippen LogP contribution is 2.29. The number of halogens is 3. The maximum absolute atomic E-state index is 13.7. The highest BCUT2D eigenvalue weighted by Gasteiger charge is 2.44. The minimum absolute atomic E-state index is 0.0132. The van der Waals surface area contributed by atoms with E-state index in [1.165, 1.54) is 46.2 Å². The number of carbonyl (C=O) groups is 4. The minimum atomic E-state index is -1.37. The molecule has 1 saturated carbocycles. The van der Waals surface area contributed by atoms with Crippen LogP contribution in [0.15, 0.2) is 42.5 Å². The van der Waals surface area contributed by atoms with Crippen LogP contribution in [-0.2, 0) is 9.59 Å². The summed E-state index contributed by atoms with van der Waals surface area (Å²) in [6.45, 7) is 0.0418. The molecule has 4 amide bonds. The van der Waals surface area contributed by atoms with Gasteiger partial charge in [-0.25, -0.2) is 9.18 Å². The summed E-state index contributed by atoms with van der Waals surface area (Å²) in [5, 5.41) is 15.3. The Hall–Kier alpha value is -3.37. The average molecular weight is 579 g/mol. The third-order valence-electron chi connectivity index (χ3n) is 7.11. The van der Waals surface area contributed by atoms with Gasteiger partial charge >= 0.3 is 12.0 Å². The summed E-state index contributed by atoms with van der Waals surface area (Å²) in [6, 6.07) is 8.23. The van der Waals surface area contributed by atoms with Gasteiger partial charge in [0, 0.05) is 30.4 Å². The number of urea groups is 1. The summed E-state index contributed by atoms with van der Waals surface area (Å²) in [6.07, 6.45) is 2.82. The zero-order chi connectivity index (χ0) is 28.1. The van der Waals surface area contributed by atoms with Crippen LogP contribution in [0, 0.1) is 11.7 Å². The molecule has 2 aromatic rings. The molecule has 9 nitrogen and oxygen atoms in total. The van der Waals surface area contributed by atoms with Gasteiger partial charge in [-0.3, -0.25) is 19.3 Å². The standard InChI is InChI=1S/C27H29Cl2FN4O5/c28-20-10-9-17(13-21(20)29)26(38)33-11-12-34(27(39)31-19-8-4-7-18(30)14-19)25(33)24(37)32-22(15-23(35)36)16-5-2-1-3-6-16/h4,7-10,13-14,16,22,25H,1-3,5-6,11-12,15H2,(H,31,39)(H,32,37)(H,35,36). The van der Waals surface area contributed by atoms with Gasteiger partial charge in [0.25, 0.3) is 11.8 Å². The Balaban J connectivity index is 1.62. The number of carboxylic acids is 1. The van der Waals surface area contributed by atoms with Crippen LogP contribution in [0.5, 0.6) is 0 Å². The zero-order valence-corrected chi connectivity index (χ0v) is 22.6. The number of hydrogen-bond acceptors (Lipinski definition) is 4. The first-order valence-electron chi connectivity index (χ1n) is 12.8. The van der Waals surface area contributed by atoms with Crippen molar-refractivity contribution in [3.63, 3.8) is 0 Å². The van der Waals surface area contributed by atoms with Crippen LogP contribution in [-0.4, -0.2) is 64.0 Å². The smallest absolute Gasteiger partial charge is 0.323 e. The van der Waals surface area contributed by atoms with E-state index in [0.29, 0.717) is 0 Å². The van der Waals surface area contributed by atoms with Crippen molar-refractivity contribution in [3.05, 3.63) is 63.9 Å². The first-order valence-corrected chi connectivity index (χ1v) is 13.5. The topological polar surface area (TPSA) is 119 Å². The molecule has 0 bridgehead atoms. The van der Waals surface area contributed by atoms with Gasteiger partial charge in [-0.2, -0.15) is 0 Å². The van der Waals surface area contributed by atoms with Crippen molar-refractivity contribution >= 4 is 52.7 Å². The number of aliphatic carboxylic acids is 1. The molecule has 1 aliphatic carbocycles. The number of nitrogens with zero attached hydrogens (tertiary/aromatic N) is 2. The minimum Gasteiger partial charge on any atom is -0.481 e. The number of carbonyl (C=O) groups excluding carboxylic acids is 3. The Bertz CT molecular complexity index is 1260. The molecule has 0 spiro atoms. The van der Waals surface area contributed by atoms with E-state index in [0.717, 1.165) is 38.2 Å². The lowest BCUT2D eigenvalue weighted by Gasteiger charge is -2.34. The van der Waals surface area contributed by atoms with Crippen molar-refractivity contribution in [1.82, 2.24) is 15.1 Å². The molecule has 0 aromatic heterocycles. The second-order valence-electron chi connectivity index (χ2n) is 9.75. The van der Waals surface area contributed by atoms with E-state index in [2.05, 4.69) is 10.6 Å². The fourth-order valence-corrected chi connectivity index (χ4v) is 5.51. The molecule has 3 N–H and O–H groups in total. The van der Waals surface area contributed by atoms with Gasteiger partial charge in [0.05, 0.1) is 16.5 Å².